The number of nitrogens with zero attached hydrogens (tertiary/aromatic N) is 4. The highest BCUT2D eigenvalue weighted by Gasteiger charge is 2.19. The first-order valence-electron chi connectivity index (χ1n) is 20.9. The van der Waals surface area contributed by atoms with Crippen LogP contribution in [0.25, 0.3) is 11.1 Å². The molecule has 336 valence electrons. The van der Waals surface area contributed by atoms with E-state index in [4.69, 9.17) is 47.3 Å². The maximum atomic E-state index is 11.1. The van der Waals surface area contributed by atoms with E-state index in [0.717, 1.165) is 55.6 Å². The van der Waals surface area contributed by atoms with Crippen LogP contribution in [0, 0.1) is 13.8 Å². The van der Waals surface area contributed by atoms with Gasteiger partial charge >= 0.3 is 5.97 Å². The molecule has 0 saturated heterocycles. The maximum absolute atomic E-state index is 11.1. The van der Waals surface area contributed by atoms with E-state index in [1.165, 1.54) is 0 Å². The van der Waals surface area contributed by atoms with Gasteiger partial charge in [0, 0.05) is 103 Å². The summed E-state index contributed by atoms with van der Waals surface area (Å²) in [5, 5.41) is 33.1. The van der Waals surface area contributed by atoms with Gasteiger partial charge in [0.15, 0.2) is 0 Å². The fourth-order valence-corrected chi connectivity index (χ4v) is 7.70. The Hall–Kier alpha value is -6.35. The zero-order valence-corrected chi connectivity index (χ0v) is 37.6. The Bertz CT molecular complexity index is 2710. The lowest BCUT2D eigenvalue weighted by Gasteiger charge is -2.19. The zero-order chi connectivity index (χ0) is 45.9. The number of carboxylic acid groups (broad SMARTS) is 1. The van der Waals surface area contributed by atoms with Crippen LogP contribution in [0.3, 0.4) is 0 Å². The first-order valence-corrected chi connectivity index (χ1v) is 21.6. The number of aliphatic hydroxyl groups excluding tert-OH is 2. The summed E-state index contributed by atoms with van der Waals surface area (Å²) in [6, 6.07) is 23.0. The number of aliphatic carboxylic acids is 1. The zero-order valence-electron chi connectivity index (χ0n) is 36.1. The summed E-state index contributed by atoms with van der Waals surface area (Å²) in [7, 11) is 1.69. The fraction of sp³-hybridized carbons (Fsp3) is 0.260. The highest BCUT2D eigenvalue weighted by Crippen LogP contribution is 2.37. The molecule has 3 heterocycles. The standard InChI is InChI=1S/C50H49Cl2N5O8/c1-30-35(28-64-48-15-46(62-26-33-10-32(17-53-3)18-54-19-33)38(12-43(48)51)22-56-23-40(59)14-50(60)61)6-4-8-41(30)42-9-5-7-36(31(42)2)29-65-49-16-47(39(25-58)13-44(49)52)63-27-34-11-37(21-55-20-34)45-24-57-45/h4-13,15-21,24,40,45,56,58-59H,14,22-23,25-29H2,1-3H3,(H,60,61)/b53-17+. The van der Waals surface area contributed by atoms with Crippen molar-refractivity contribution in [2.24, 2.45) is 9.98 Å². The predicted molar refractivity (Wildman–Crippen MR) is 251 cm³/mol. The quantitative estimate of drug-likeness (QED) is 0.0478. The molecule has 13 nitrogen and oxygen atoms in total. The first-order chi connectivity index (χ1) is 31.5. The Kier molecular flexibility index (Phi) is 15.8. The molecule has 0 bridgehead atoms. The van der Waals surface area contributed by atoms with E-state index < -0.39 is 12.1 Å². The summed E-state index contributed by atoms with van der Waals surface area (Å²) in [6.07, 6.45) is 9.09. The SMILES string of the molecule is C/N=C/c1cncc(COc2cc(OCc3cccc(-c4cccc(COc5cc(OCc6cncc(C7C=N7)c6)c(CO)cc5Cl)c4C)c3C)c(Cl)cc2CNCC(O)CC(=O)O)c1. The van der Waals surface area contributed by atoms with E-state index in [1.807, 2.05) is 42.6 Å². The first kappa shape index (κ1) is 46.6. The predicted octanol–water partition coefficient (Wildman–Crippen LogP) is 8.97. The van der Waals surface area contributed by atoms with E-state index in [-0.39, 0.29) is 58.6 Å². The van der Waals surface area contributed by atoms with Crippen LogP contribution in [0.2, 0.25) is 10.0 Å². The van der Waals surface area contributed by atoms with Gasteiger partial charge in [0.25, 0.3) is 0 Å². The third-order valence-corrected chi connectivity index (χ3v) is 11.4. The lowest BCUT2D eigenvalue weighted by Crippen LogP contribution is -2.28. The molecule has 65 heavy (non-hydrogen) atoms. The number of hydrogen-bond donors (Lipinski definition) is 4. The minimum Gasteiger partial charge on any atom is -0.488 e. The average molecular weight is 919 g/mol. The number of aliphatic imine (C=N–C) groups is 2. The second-order valence-electron chi connectivity index (χ2n) is 15.5. The summed E-state index contributed by atoms with van der Waals surface area (Å²) in [6.45, 7) is 5.06. The number of aromatic nitrogens is 2. The number of benzene rings is 4. The molecule has 2 unspecified atom stereocenters. The molecule has 1 aliphatic rings. The third kappa shape index (κ3) is 12.5. The van der Waals surface area contributed by atoms with Gasteiger partial charge < -0.3 is 39.6 Å². The van der Waals surface area contributed by atoms with Gasteiger partial charge in [-0.25, -0.2) is 0 Å². The van der Waals surface area contributed by atoms with Crippen molar-refractivity contribution in [3.63, 3.8) is 0 Å². The van der Waals surface area contributed by atoms with Crippen molar-refractivity contribution in [1.29, 1.82) is 0 Å². The molecule has 7 rings (SSSR count). The van der Waals surface area contributed by atoms with E-state index >= 15 is 0 Å². The van der Waals surface area contributed by atoms with Crippen LogP contribution in [0.1, 0.15) is 68.1 Å². The summed E-state index contributed by atoms with van der Waals surface area (Å²) >= 11 is 13.5. The van der Waals surface area contributed by atoms with E-state index in [2.05, 4.69) is 51.2 Å². The number of hydrogen-bond acceptors (Lipinski definition) is 12. The number of aliphatic hydroxyl groups is 2. The minimum absolute atomic E-state index is 0.0603. The largest absolute Gasteiger partial charge is 0.488 e. The normalized spacial score (nSPS) is 13.5. The number of rotatable bonds is 22. The van der Waals surface area contributed by atoms with Crippen molar-refractivity contribution < 1.29 is 39.1 Å². The number of ether oxygens (including phenoxy) is 4. The van der Waals surface area contributed by atoms with E-state index in [1.54, 1.807) is 62.3 Å². The van der Waals surface area contributed by atoms with Crippen molar-refractivity contribution in [3.05, 3.63) is 163 Å². The number of pyridine rings is 2. The minimum atomic E-state index is -1.09. The van der Waals surface area contributed by atoms with Crippen LogP contribution in [0.15, 0.2) is 108 Å². The molecule has 15 heteroatoms. The molecule has 4 aromatic carbocycles. The van der Waals surface area contributed by atoms with Gasteiger partial charge in [-0.3, -0.25) is 24.7 Å². The number of carbonyl (C=O) groups is 1. The van der Waals surface area contributed by atoms with Gasteiger partial charge in [0.2, 0.25) is 0 Å². The summed E-state index contributed by atoms with van der Waals surface area (Å²) in [4.78, 5) is 28.0. The van der Waals surface area contributed by atoms with Crippen LogP contribution in [-0.4, -0.2) is 63.4 Å². The van der Waals surface area contributed by atoms with Gasteiger partial charge in [-0.2, -0.15) is 0 Å². The van der Waals surface area contributed by atoms with Crippen LogP contribution in [-0.2, 0) is 44.4 Å². The molecule has 0 saturated carbocycles. The highest BCUT2D eigenvalue weighted by atomic mass is 35.5. The second-order valence-corrected chi connectivity index (χ2v) is 16.4. The van der Waals surface area contributed by atoms with E-state index in [9.17, 15) is 15.0 Å². The second kappa shape index (κ2) is 22.0. The molecule has 2 aromatic heterocycles. The topological polar surface area (TPSA) is 177 Å². The molecule has 4 N–H and O–H groups in total. The van der Waals surface area contributed by atoms with Crippen LogP contribution in [0.5, 0.6) is 23.0 Å². The summed E-state index contributed by atoms with van der Waals surface area (Å²) in [5.74, 6) is 0.714. The lowest BCUT2D eigenvalue weighted by atomic mass is 9.92. The van der Waals surface area contributed by atoms with Crippen LogP contribution in [0.4, 0.5) is 0 Å². The number of halogens is 2. The van der Waals surface area contributed by atoms with Crippen molar-refractivity contribution >= 4 is 41.6 Å². The molecule has 0 radical (unpaired) electrons. The van der Waals surface area contributed by atoms with Gasteiger partial charge in [-0.05, 0) is 71.5 Å². The van der Waals surface area contributed by atoms with E-state index in [0.29, 0.717) is 44.2 Å². The molecule has 0 aliphatic carbocycles. The number of nitrogens with one attached hydrogen (secondary N) is 1. The Morgan fingerprint density at radius 3 is 1.88 bits per heavy atom. The van der Waals surface area contributed by atoms with Crippen molar-refractivity contribution in [2.75, 3.05) is 13.6 Å². The monoisotopic (exact) mass is 917 g/mol. The molecule has 2 atom stereocenters. The molecular weight excluding hydrogens is 869 g/mol. The molecule has 0 fully saturated rings. The lowest BCUT2D eigenvalue weighted by molar-refractivity contribution is -0.139. The van der Waals surface area contributed by atoms with Crippen LogP contribution < -0.4 is 24.3 Å². The fourth-order valence-electron chi connectivity index (χ4n) is 7.22. The highest BCUT2D eigenvalue weighted by molar-refractivity contribution is 6.32. The van der Waals surface area contributed by atoms with Gasteiger partial charge in [-0.1, -0.05) is 59.6 Å². The smallest absolute Gasteiger partial charge is 0.306 e. The third-order valence-electron chi connectivity index (χ3n) is 10.8. The Morgan fingerprint density at radius 2 is 1.31 bits per heavy atom. The van der Waals surface area contributed by atoms with Gasteiger partial charge in [0.1, 0.15) is 55.5 Å². The molecule has 0 amide bonds. The molecule has 0 spiro atoms. The van der Waals surface area contributed by atoms with Crippen molar-refractivity contribution in [2.45, 2.75) is 72.0 Å². The van der Waals surface area contributed by atoms with Gasteiger partial charge in [0.05, 0.1) is 29.2 Å². The average Bonchev–Trinajstić information content (AvgIpc) is 4.15. The Balaban J connectivity index is 1.05. The number of carboxylic acids is 1. The molecule has 1 aliphatic heterocycles. The van der Waals surface area contributed by atoms with Crippen molar-refractivity contribution in [3.8, 4) is 34.1 Å². The summed E-state index contributed by atoms with van der Waals surface area (Å²) in [5.41, 5.74) is 10.8. The van der Waals surface area contributed by atoms with Crippen molar-refractivity contribution in [1.82, 2.24) is 15.3 Å². The molecular formula is C50H49Cl2N5O8. The summed E-state index contributed by atoms with van der Waals surface area (Å²) < 4.78 is 25.1. The maximum Gasteiger partial charge on any atom is 0.306 e. The molecule has 6 aromatic rings. The Labute approximate surface area is 387 Å². The van der Waals surface area contributed by atoms with Crippen LogP contribution >= 0.6 is 23.2 Å². The Morgan fingerprint density at radius 1 is 0.754 bits per heavy atom. The van der Waals surface area contributed by atoms with Gasteiger partial charge in [-0.15, -0.1) is 0 Å².